The third-order valence-electron chi connectivity index (χ3n) is 8.06. The Morgan fingerprint density at radius 3 is 1.57 bits per heavy atom. The van der Waals surface area contributed by atoms with Crippen LogP contribution in [-0.4, -0.2) is 0 Å². The van der Waals surface area contributed by atoms with Crippen molar-refractivity contribution in [2.45, 2.75) is 0 Å². The van der Waals surface area contributed by atoms with Crippen LogP contribution >= 0.6 is 0 Å². The quantitative estimate of drug-likeness (QED) is 0.217. The summed E-state index contributed by atoms with van der Waals surface area (Å²) in [7, 11) is 0. The molecule has 2 heteroatoms. The number of rotatable bonds is 5. The number of benzene rings is 7. The van der Waals surface area contributed by atoms with E-state index in [-0.39, 0.29) is 0 Å². The van der Waals surface area contributed by atoms with Gasteiger partial charge in [-0.3, -0.25) is 0 Å². The Morgan fingerprint density at radius 2 is 0.881 bits per heavy atom. The van der Waals surface area contributed by atoms with Crippen molar-refractivity contribution in [3.63, 3.8) is 0 Å². The van der Waals surface area contributed by atoms with Gasteiger partial charge in [0.2, 0.25) is 0 Å². The van der Waals surface area contributed by atoms with Gasteiger partial charge in [-0.15, -0.1) is 0 Å². The van der Waals surface area contributed by atoms with Crippen LogP contribution in [0.15, 0.2) is 168 Å². The molecule has 1 heterocycles. The van der Waals surface area contributed by atoms with Gasteiger partial charge in [-0.1, -0.05) is 127 Å². The van der Waals surface area contributed by atoms with Crippen LogP contribution in [0.4, 0.5) is 17.1 Å². The van der Waals surface area contributed by atoms with Crippen molar-refractivity contribution < 1.29 is 4.42 Å². The number of anilines is 3. The molecule has 0 aliphatic carbocycles. The van der Waals surface area contributed by atoms with Gasteiger partial charge in [0, 0.05) is 33.1 Å². The van der Waals surface area contributed by atoms with Crippen molar-refractivity contribution in [3.8, 4) is 22.3 Å². The molecule has 8 rings (SSSR count). The molecule has 0 saturated carbocycles. The van der Waals surface area contributed by atoms with Crippen molar-refractivity contribution in [2.24, 2.45) is 0 Å². The number of hydrogen-bond donors (Lipinski definition) is 0. The monoisotopic (exact) mass is 537 g/mol. The average molecular weight is 538 g/mol. The zero-order valence-electron chi connectivity index (χ0n) is 22.9. The summed E-state index contributed by atoms with van der Waals surface area (Å²) < 4.78 is 6.93. The number of para-hydroxylation sites is 2. The minimum atomic E-state index is 0.874. The topological polar surface area (TPSA) is 16.4 Å². The van der Waals surface area contributed by atoms with E-state index in [2.05, 4.69) is 169 Å². The van der Waals surface area contributed by atoms with E-state index in [4.69, 9.17) is 4.42 Å². The Kier molecular flexibility index (Phi) is 5.82. The minimum Gasteiger partial charge on any atom is -0.453 e. The summed E-state index contributed by atoms with van der Waals surface area (Å²) in [6, 6.07) is 57.8. The van der Waals surface area contributed by atoms with Crippen LogP contribution < -0.4 is 4.90 Å². The summed E-state index contributed by atoms with van der Waals surface area (Å²) in [5, 5.41) is 4.52. The Balaban J connectivity index is 1.44. The zero-order chi connectivity index (χ0) is 27.9. The maximum absolute atomic E-state index is 6.93. The lowest BCUT2D eigenvalue weighted by Gasteiger charge is -2.28. The minimum absolute atomic E-state index is 0.874. The van der Waals surface area contributed by atoms with Gasteiger partial charge in [-0.05, 0) is 58.5 Å². The molecule has 0 unspecified atom stereocenters. The molecule has 0 bridgehead atoms. The van der Waals surface area contributed by atoms with E-state index in [1.807, 2.05) is 0 Å². The first-order valence-corrected chi connectivity index (χ1v) is 14.3. The van der Waals surface area contributed by atoms with Gasteiger partial charge in [0.25, 0.3) is 0 Å². The first-order valence-electron chi connectivity index (χ1n) is 14.3. The van der Waals surface area contributed by atoms with Gasteiger partial charge in [0.15, 0.2) is 5.58 Å². The molecule has 42 heavy (non-hydrogen) atoms. The highest BCUT2D eigenvalue weighted by Gasteiger charge is 2.24. The summed E-state index contributed by atoms with van der Waals surface area (Å²) in [6.45, 7) is 0. The second-order valence-corrected chi connectivity index (χ2v) is 10.6. The van der Waals surface area contributed by atoms with E-state index in [1.54, 1.807) is 0 Å². The number of nitrogens with zero attached hydrogens (tertiary/aromatic N) is 1. The van der Waals surface area contributed by atoms with Crippen LogP contribution in [0.2, 0.25) is 0 Å². The van der Waals surface area contributed by atoms with Crippen LogP contribution in [0, 0.1) is 0 Å². The van der Waals surface area contributed by atoms with E-state index < -0.39 is 0 Å². The first kappa shape index (κ1) is 24.2. The lowest BCUT2D eigenvalue weighted by atomic mass is 9.96. The van der Waals surface area contributed by atoms with Crippen LogP contribution in [0.25, 0.3) is 55.0 Å². The second kappa shape index (κ2) is 10.1. The molecule has 8 aromatic rings. The number of fused-ring (bicyclic) bond motifs is 5. The summed E-state index contributed by atoms with van der Waals surface area (Å²) >= 11 is 0. The van der Waals surface area contributed by atoms with Crippen LogP contribution in [0.5, 0.6) is 0 Å². The smallest absolute Gasteiger partial charge is 0.160 e. The molecule has 0 N–H and O–H groups in total. The Hall–Kier alpha value is -5.60. The Morgan fingerprint density at radius 1 is 0.357 bits per heavy atom. The van der Waals surface area contributed by atoms with E-state index >= 15 is 0 Å². The molecule has 0 aliphatic heterocycles. The van der Waals surface area contributed by atoms with Crippen molar-refractivity contribution in [1.82, 2.24) is 0 Å². The highest BCUT2D eigenvalue weighted by Crippen LogP contribution is 2.48. The molecule has 0 saturated heterocycles. The zero-order valence-corrected chi connectivity index (χ0v) is 22.9. The second-order valence-electron chi connectivity index (χ2n) is 10.6. The van der Waals surface area contributed by atoms with Gasteiger partial charge < -0.3 is 9.32 Å². The van der Waals surface area contributed by atoms with Crippen LogP contribution in [0.3, 0.4) is 0 Å². The molecule has 2 nitrogen and oxygen atoms in total. The predicted molar refractivity (Wildman–Crippen MR) is 177 cm³/mol. The van der Waals surface area contributed by atoms with Gasteiger partial charge >= 0.3 is 0 Å². The number of furan rings is 1. The molecule has 0 spiro atoms. The first-order chi connectivity index (χ1) is 20.8. The van der Waals surface area contributed by atoms with E-state index in [1.165, 1.54) is 16.5 Å². The lowest BCUT2D eigenvalue weighted by molar-refractivity contribution is 0.673. The average Bonchev–Trinajstić information content (AvgIpc) is 3.46. The molecule has 7 aromatic carbocycles. The third-order valence-corrected chi connectivity index (χ3v) is 8.06. The molecule has 0 radical (unpaired) electrons. The Labute approximate surface area is 244 Å². The van der Waals surface area contributed by atoms with Crippen molar-refractivity contribution in [1.29, 1.82) is 0 Å². The lowest BCUT2D eigenvalue weighted by Crippen LogP contribution is -2.11. The molecule has 1 aromatic heterocycles. The highest BCUT2D eigenvalue weighted by atomic mass is 16.3. The summed E-state index contributed by atoms with van der Waals surface area (Å²) in [5.41, 5.74) is 9.61. The summed E-state index contributed by atoms with van der Waals surface area (Å²) in [5.74, 6) is 0. The highest BCUT2D eigenvalue weighted by molar-refractivity contribution is 6.19. The standard InChI is InChI=1S/C40H27NO/c1-4-12-28(13-5-1)29-20-22-31(23-21-29)34-26-27-37-36-25-24-30-14-10-11-19-35(30)39(36)42-40(37)38(34)41(32-15-6-2-7-16-32)33-17-8-3-9-18-33/h1-27H. The molecule has 0 aliphatic rings. The molecular weight excluding hydrogens is 510 g/mol. The largest absolute Gasteiger partial charge is 0.453 e. The maximum atomic E-state index is 6.93. The molecule has 0 atom stereocenters. The molecule has 0 amide bonds. The van der Waals surface area contributed by atoms with Crippen molar-refractivity contribution in [2.75, 3.05) is 4.90 Å². The fourth-order valence-electron chi connectivity index (χ4n) is 6.04. The normalized spacial score (nSPS) is 11.3. The SMILES string of the molecule is c1ccc(-c2ccc(-c3ccc4c(oc5c6ccccc6ccc45)c3N(c3ccccc3)c3ccccc3)cc2)cc1. The van der Waals surface area contributed by atoms with Gasteiger partial charge in [-0.25, -0.2) is 0 Å². The number of hydrogen-bond acceptors (Lipinski definition) is 2. The van der Waals surface area contributed by atoms with Gasteiger partial charge in [0.1, 0.15) is 5.58 Å². The fraction of sp³-hybridized carbons (Fsp3) is 0. The fourth-order valence-corrected chi connectivity index (χ4v) is 6.04. The summed E-state index contributed by atoms with van der Waals surface area (Å²) in [4.78, 5) is 2.33. The van der Waals surface area contributed by atoms with Gasteiger partial charge in [0.05, 0.1) is 5.69 Å². The molecule has 198 valence electrons. The molecule has 0 fully saturated rings. The molecular formula is C40H27NO. The van der Waals surface area contributed by atoms with Crippen LogP contribution in [0.1, 0.15) is 0 Å². The maximum Gasteiger partial charge on any atom is 0.160 e. The Bertz CT molecular complexity index is 2120. The van der Waals surface area contributed by atoms with Crippen molar-refractivity contribution in [3.05, 3.63) is 164 Å². The van der Waals surface area contributed by atoms with Crippen molar-refractivity contribution >= 4 is 49.8 Å². The third kappa shape index (κ3) is 4.05. The van der Waals surface area contributed by atoms with E-state index in [9.17, 15) is 0 Å². The predicted octanol–water partition coefficient (Wildman–Crippen LogP) is 11.5. The van der Waals surface area contributed by atoms with Crippen LogP contribution in [-0.2, 0) is 0 Å². The summed E-state index contributed by atoms with van der Waals surface area (Å²) in [6.07, 6.45) is 0. The van der Waals surface area contributed by atoms with E-state index in [0.29, 0.717) is 0 Å². The van der Waals surface area contributed by atoms with Gasteiger partial charge in [-0.2, -0.15) is 0 Å². The van der Waals surface area contributed by atoms with E-state index in [0.717, 1.165) is 55.5 Å².